The second-order valence-electron chi connectivity index (χ2n) is 4.25. The van der Waals surface area contributed by atoms with Gasteiger partial charge in [-0.15, -0.1) is 0 Å². The summed E-state index contributed by atoms with van der Waals surface area (Å²) in [7, 11) is 0. The molecule has 0 radical (unpaired) electrons. The number of hydrogen-bond donors (Lipinski definition) is 1. The van der Waals surface area contributed by atoms with E-state index >= 15 is 0 Å². The molecule has 0 saturated carbocycles. The number of rotatable bonds is 4. The number of H-pyrrole nitrogens is 1. The Balaban J connectivity index is 1.92. The van der Waals surface area contributed by atoms with E-state index in [0.717, 1.165) is 28.9 Å². The van der Waals surface area contributed by atoms with Gasteiger partial charge in [-0.1, -0.05) is 0 Å². The van der Waals surface area contributed by atoms with Crippen LogP contribution in [0.5, 0.6) is 0 Å². The van der Waals surface area contributed by atoms with Crippen molar-refractivity contribution in [2.45, 2.75) is 12.8 Å². The Kier molecular flexibility index (Phi) is 2.73. The zero-order valence-electron chi connectivity index (χ0n) is 9.85. The Morgan fingerprint density at radius 2 is 2.11 bits per heavy atom. The molecule has 0 aliphatic heterocycles. The topological polar surface area (TPSA) is 46.0 Å². The fourth-order valence-corrected chi connectivity index (χ4v) is 2.08. The minimum Gasteiger partial charge on any atom is -0.461 e. The smallest absolute Gasteiger partial charge is 0.134 e. The summed E-state index contributed by atoms with van der Waals surface area (Å²) in [6.07, 6.45) is 4.00. The van der Waals surface area contributed by atoms with Gasteiger partial charge in [0.1, 0.15) is 17.8 Å². The highest BCUT2D eigenvalue weighted by molar-refractivity contribution is 5.84. The minimum absolute atomic E-state index is 0.504. The standard InChI is InChI=1S/C15H13NO2/c17-9-1-2-13-4-6-15(18-13)12-3-5-14-11(10-12)7-8-16-14/h3-10,16H,1-2H2. The van der Waals surface area contributed by atoms with E-state index in [9.17, 15) is 4.79 Å². The van der Waals surface area contributed by atoms with Crippen LogP contribution in [-0.4, -0.2) is 11.3 Å². The van der Waals surface area contributed by atoms with Crippen molar-refractivity contribution in [3.8, 4) is 11.3 Å². The SMILES string of the molecule is O=CCCc1ccc(-c2ccc3[nH]ccc3c2)o1. The number of nitrogens with one attached hydrogen (secondary N) is 1. The molecule has 18 heavy (non-hydrogen) atoms. The molecule has 3 rings (SSSR count). The predicted octanol–water partition coefficient (Wildman–Crippen LogP) is 3.56. The predicted molar refractivity (Wildman–Crippen MR) is 70.4 cm³/mol. The number of furan rings is 1. The molecule has 0 bridgehead atoms. The van der Waals surface area contributed by atoms with E-state index in [0.29, 0.717) is 12.8 Å². The largest absolute Gasteiger partial charge is 0.461 e. The maximum Gasteiger partial charge on any atom is 0.134 e. The van der Waals surface area contributed by atoms with Crippen LogP contribution in [0.2, 0.25) is 0 Å². The van der Waals surface area contributed by atoms with Gasteiger partial charge in [-0.25, -0.2) is 0 Å². The number of aromatic amines is 1. The third kappa shape index (κ3) is 1.95. The summed E-state index contributed by atoms with van der Waals surface area (Å²) in [5.41, 5.74) is 2.17. The van der Waals surface area contributed by atoms with Gasteiger partial charge in [0.15, 0.2) is 0 Å². The summed E-state index contributed by atoms with van der Waals surface area (Å²) < 4.78 is 5.73. The molecule has 3 nitrogen and oxygen atoms in total. The van der Waals surface area contributed by atoms with Crippen LogP contribution < -0.4 is 0 Å². The monoisotopic (exact) mass is 239 g/mol. The fraction of sp³-hybridized carbons (Fsp3) is 0.133. The van der Waals surface area contributed by atoms with E-state index in [1.165, 1.54) is 5.39 Å². The van der Waals surface area contributed by atoms with Crippen molar-refractivity contribution in [3.05, 3.63) is 48.4 Å². The van der Waals surface area contributed by atoms with E-state index in [4.69, 9.17) is 4.42 Å². The van der Waals surface area contributed by atoms with Gasteiger partial charge in [0.05, 0.1) is 0 Å². The molecular formula is C15H13NO2. The van der Waals surface area contributed by atoms with Gasteiger partial charge < -0.3 is 14.2 Å². The first-order chi connectivity index (χ1) is 8.86. The number of carbonyl (C=O) groups excluding carboxylic acids is 1. The number of fused-ring (bicyclic) bond motifs is 1. The van der Waals surface area contributed by atoms with Crippen molar-refractivity contribution >= 4 is 17.2 Å². The molecule has 0 saturated heterocycles. The first-order valence-electron chi connectivity index (χ1n) is 5.97. The first kappa shape index (κ1) is 10.8. The van der Waals surface area contributed by atoms with Crippen LogP contribution in [0, 0.1) is 0 Å². The molecular weight excluding hydrogens is 226 g/mol. The lowest BCUT2D eigenvalue weighted by Gasteiger charge is -1.98. The second kappa shape index (κ2) is 4.53. The minimum atomic E-state index is 0.504. The lowest BCUT2D eigenvalue weighted by Crippen LogP contribution is -1.81. The van der Waals surface area contributed by atoms with Crippen LogP contribution in [0.4, 0.5) is 0 Å². The Bertz CT molecular complexity index is 678. The lowest BCUT2D eigenvalue weighted by atomic mass is 10.1. The molecule has 0 amide bonds. The van der Waals surface area contributed by atoms with Gasteiger partial charge in [-0.05, 0) is 36.4 Å². The Labute approximate surface area is 104 Å². The van der Waals surface area contributed by atoms with Crippen LogP contribution in [0.15, 0.2) is 47.0 Å². The molecule has 0 aliphatic carbocycles. The van der Waals surface area contributed by atoms with E-state index in [-0.39, 0.29) is 0 Å². The average molecular weight is 239 g/mol. The quantitative estimate of drug-likeness (QED) is 0.707. The number of aryl methyl sites for hydroxylation is 1. The molecule has 2 aromatic heterocycles. The molecule has 0 spiro atoms. The molecule has 1 N–H and O–H groups in total. The van der Waals surface area contributed by atoms with Crippen molar-refractivity contribution in [1.82, 2.24) is 4.98 Å². The van der Waals surface area contributed by atoms with Crippen LogP contribution in [0.25, 0.3) is 22.2 Å². The summed E-state index contributed by atoms with van der Waals surface area (Å²) in [6.45, 7) is 0. The maximum atomic E-state index is 10.3. The third-order valence-electron chi connectivity index (χ3n) is 3.01. The second-order valence-corrected chi connectivity index (χ2v) is 4.25. The highest BCUT2D eigenvalue weighted by Gasteiger charge is 2.05. The molecule has 2 heterocycles. The van der Waals surface area contributed by atoms with Crippen molar-refractivity contribution in [2.75, 3.05) is 0 Å². The Morgan fingerprint density at radius 3 is 3.00 bits per heavy atom. The number of aromatic nitrogens is 1. The zero-order chi connectivity index (χ0) is 12.4. The normalized spacial score (nSPS) is 10.9. The van der Waals surface area contributed by atoms with Crippen molar-refractivity contribution < 1.29 is 9.21 Å². The highest BCUT2D eigenvalue weighted by Crippen LogP contribution is 2.26. The van der Waals surface area contributed by atoms with Gasteiger partial charge in [-0.2, -0.15) is 0 Å². The van der Waals surface area contributed by atoms with E-state index < -0.39 is 0 Å². The van der Waals surface area contributed by atoms with Gasteiger partial charge in [0.25, 0.3) is 0 Å². The zero-order valence-corrected chi connectivity index (χ0v) is 9.85. The van der Waals surface area contributed by atoms with E-state index in [2.05, 4.69) is 11.1 Å². The van der Waals surface area contributed by atoms with Crippen LogP contribution >= 0.6 is 0 Å². The molecule has 1 aromatic carbocycles. The summed E-state index contributed by atoms with van der Waals surface area (Å²) in [5.74, 6) is 1.70. The molecule has 3 heteroatoms. The highest BCUT2D eigenvalue weighted by atomic mass is 16.3. The lowest BCUT2D eigenvalue weighted by molar-refractivity contribution is -0.107. The van der Waals surface area contributed by atoms with Crippen molar-refractivity contribution in [1.29, 1.82) is 0 Å². The Morgan fingerprint density at radius 1 is 1.17 bits per heavy atom. The molecule has 0 aliphatic rings. The number of hydrogen-bond acceptors (Lipinski definition) is 2. The summed E-state index contributed by atoms with van der Waals surface area (Å²) in [5, 5.41) is 1.17. The van der Waals surface area contributed by atoms with Gasteiger partial charge >= 0.3 is 0 Å². The summed E-state index contributed by atoms with van der Waals surface area (Å²) in [4.78, 5) is 13.5. The van der Waals surface area contributed by atoms with Crippen molar-refractivity contribution in [2.24, 2.45) is 0 Å². The summed E-state index contributed by atoms with van der Waals surface area (Å²) >= 11 is 0. The molecule has 0 fully saturated rings. The van der Waals surface area contributed by atoms with Gasteiger partial charge in [0, 0.05) is 35.5 Å². The summed E-state index contributed by atoms with van der Waals surface area (Å²) in [6, 6.07) is 12.1. The van der Waals surface area contributed by atoms with E-state index in [1.54, 1.807) is 0 Å². The molecule has 0 atom stereocenters. The average Bonchev–Trinajstić information content (AvgIpc) is 3.04. The van der Waals surface area contributed by atoms with Gasteiger partial charge in [0.2, 0.25) is 0 Å². The van der Waals surface area contributed by atoms with Crippen LogP contribution in [-0.2, 0) is 11.2 Å². The van der Waals surface area contributed by atoms with Gasteiger partial charge in [-0.3, -0.25) is 0 Å². The Hall–Kier alpha value is -2.29. The van der Waals surface area contributed by atoms with Crippen LogP contribution in [0.1, 0.15) is 12.2 Å². The third-order valence-corrected chi connectivity index (χ3v) is 3.01. The fourth-order valence-electron chi connectivity index (χ4n) is 2.08. The van der Waals surface area contributed by atoms with Crippen LogP contribution in [0.3, 0.4) is 0 Å². The molecule has 0 unspecified atom stereocenters. The number of benzene rings is 1. The van der Waals surface area contributed by atoms with E-state index in [1.807, 2.05) is 36.5 Å². The molecule has 3 aromatic rings. The maximum absolute atomic E-state index is 10.3. The molecule has 90 valence electrons. The number of carbonyl (C=O) groups is 1. The first-order valence-corrected chi connectivity index (χ1v) is 5.97. The number of aldehydes is 1. The van der Waals surface area contributed by atoms with Crippen molar-refractivity contribution in [3.63, 3.8) is 0 Å².